The molecule has 3 rings (SSSR count). The first-order chi connectivity index (χ1) is 14.0. The normalized spacial score (nSPS) is 10.9. The highest BCUT2D eigenvalue weighted by molar-refractivity contribution is 9.10. The number of aromatic hydroxyl groups is 1. The molecule has 3 aromatic rings. The second-order valence-electron chi connectivity index (χ2n) is 7.00. The third-order valence-corrected chi connectivity index (χ3v) is 5.10. The maximum absolute atomic E-state index is 10.3. The first kappa shape index (κ1) is 21.2. The van der Waals surface area contributed by atoms with E-state index in [4.69, 9.17) is 5.11 Å². The minimum absolute atomic E-state index is 0.0672. The number of pyridine rings is 3. The molecule has 3 heterocycles. The van der Waals surface area contributed by atoms with Crippen LogP contribution < -0.4 is 5.32 Å². The van der Waals surface area contributed by atoms with E-state index in [1.807, 2.05) is 12.3 Å². The summed E-state index contributed by atoms with van der Waals surface area (Å²) < 4.78 is 1.00. The van der Waals surface area contributed by atoms with E-state index in [-0.39, 0.29) is 12.4 Å². The van der Waals surface area contributed by atoms with Crippen molar-refractivity contribution in [1.82, 2.24) is 15.0 Å². The fourth-order valence-electron chi connectivity index (χ4n) is 3.07. The van der Waals surface area contributed by atoms with Crippen LogP contribution >= 0.6 is 15.9 Å². The summed E-state index contributed by atoms with van der Waals surface area (Å²) in [5, 5.41) is 22.5. The number of aryl methyl sites for hydroxylation is 2. The van der Waals surface area contributed by atoms with E-state index in [1.54, 1.807) is 24.5 Å². The van der Waals surface area contributed by atoms with Gasteiger partial charge in [0.1, 0.15) is 0 Å². The lowest BCUT2D eigenvalue weighted by molar-refractivity contribution is 0.277. The average Bonchev–Trinajstić information content (AvgIpc) is 2.71. The first-order valence-electron chi connectivity index (χ1n) is 9.62. The molecule has 0 saturated carbocycles. The first-order valence-corrected chi connectivity index (χ1v) is 10.4. The predicted molar refractivity (Wildman–Crippen MR) is 117 cm³/mol. The van der Waals surface area contributed by atoms with Crippen molar-refractivity contribution in [2.45, 2.75) is 39.2 Å². The highest BCUT2D eigenvalue weighted by Gasteiger charge is 2.06. The molecule has 29 heavy (non-hydrogen) atoms. The van der Waals surface area contributed by atoms with Crippen LogP contribution in [0.15, 0.2) is 47.3 Å². The summed E-state index contributed by atoms with van der Waals surface area (Å²) in [6.45, 7) is 2.75. The molecule has 0 aliphatic carbocycles. The van der Waals surface area contributed by atoms with Crippen molar-refractivity contribution in [3.8, 4) is 5.75 Å². The van der Waals surface area contributed by atoms with Gasteiger partial charge in [0, 0.05) is 41.7 Å². The van der Waals surface area contributed by atoms with Gasteiger partial charge in [-0.15, -0.1) is 0 Å². The molecule has 0 fully saturated rings. The van der Waals surface area contributed by atoms with E-state index in [1.165, 1.54) is 5.56 Å². The summed E-state index contributed by atoms with van der Waals surface area (Å²) in [5.74, 6) is 0.647. The number of aromatic nitrogens is 3. The Balaban J connectivity index is 1.46. The van der Waals surface area contributed by atoms with Crippen LogP contribution in [-0.4, -0.2) is 31.7 Å². The van der Waals surface area contributed by atoms with Crippen molar-refractivity contribution >= 4 is 21.7 Å². The minimum atomic E-state index is -0.0672. The number of hydrogen-bond donors (Lipinski definition) is 3. The number of aliphatic hydroxyl groups is 1. The smallest absolute Gasteiger partial charge is 0.168 e. The topological polar surface area (TPSA) is 91.2 Å². The van der Waals surface area contributed by atoms with Crippen molar-refractivity contribution in [1.29, 1.82) is 0 Å². The molecule has 6 nitrogen and oxygen atoms in total. The van der Waals surface area contributed by atoms with Crippen LogP contribution in [0.5, 0.6) is 5.75 Å². The monoisotopic (exact) mass is 456 g/mol. The number of nitrogens with one attached hydrogen (secondary N) is 1. The minimum Gasteiger partial charge on any atom is -0.504 e. The van der Waals surface area contributed by atoms with Gasteiger partial charge >= 0.3 is 0 Å². The SMILES string of the molecule is Cc1cc(Br)cnc1CCCCNc1ncc(Cc2ccc(CO)nc2)cc1O. The van der Waals surface area contributed by atoms with E-state index in [2.05, 4.69) is 49.2 Å². The molecule has 3 aromatic heterocycles. The second kappa shape index (κ2) is 10.3. The maximum Gasteiger partial charge on any atom is 0.168 e. The molecule has 7 heteroatoms. The summed E-state index contributed by atoms with van der Waals surface area (Å²) in [7, 11) is 0. The predicted octanol–water partition coefficient (Wildman–Crippen LogP) is 4.17. The molecule has 0 amide bonds. The zero-order chi connectivity index (χ0) is 20.6. The molecule has 152 valence electrons. The van der Waals surface area contributed by atoms with Crippen LogP contribution in [0.4, 0.5) is 5.82 Å². The lowest BCUT2D eigenvalue weighted by atomic mass is 10.1. The molecule has 0 atom stereocenters. The van der Waals surface area contributed by atoms with Crippen LogP contribution in [0.1, 0.15) is 40.9 Å². The van der Waals surface area contributed by atoms with E-state index >= 15 is 0 Å². The number of rotatable bonds is 9. The molecule has 0 aromatic carbocycles. The molecule has 0 spiro atoms. The van der Waals surface area contributed by atoms with Gasteiger partial charge in [0.2, 0.25) is 0 Å². The molecule has 0 radical (unpaired) electrons. The lowest BCUT2D eigenvalue weighted by Gasteiger charge is -2.10. The number of anilines is 1. The fourth-order valence-corrected chi connectivity index (χ4v) is 3.52. The third kappa shape index (κ3) is 6.24. The van der Waals surface area contributed by atoms with Gasteiger partial charge in [0.05, 0.1) is 12.3 Å². The Kier molecular flexibility index (Phi) is 7.55. The Morgan fingerprint density at radius 2 is 1.83 bits per heavy atom. The van der Waals surface area contributed by atoms with Crippen molar-refractivity contribution in [3.63, 3.8) is 0 Å². The highest BCUT2D eigenvalue weighted by Crippen LogP contribution is 2.23. The zero-order valence-corrected chi connectivity index (χ0v) is 18.0. The van der Waals surface area contributed by atoms with E-state index in [0.29, 0.717) is 17.9 Å². The van der Waals surface area contributed by atoms with Crippen LogP contribution in [0.3, 0.4) is 0 Å². The molecular formula is C22H25BrN4O2. The molecule has 0 aliphatic heterocycles. The Bertz CT molecular complexity index is 948. The zero-order valence-electron chi connectivity index (χ0n) is 16.4. The summed E-state index contributed by atoms with van der Waals surface area (Å²) in [6.07, 6.45) is 8.86. The lowest BCUT2D eigenvalue weighted by Crippen LogP contribution is -2.05. The van der Waals surface area contributed by atoms with Gasteiger partial charge in [-0.3, -0.25) is 9.97 Å². The molecule has 0 bridgehead atoms. The van der Waals surface area contributed by atoms with Gasteiger partial charge in [-0.25, -0.2) is 4.98 Å². The summed E-state index contributed by atoms with van der Waals surface area (Å²) >= 11 is 3.44. The number of aliphatic hydroxyl groups excluding tert-OH is 1. The van der Waals surface area contributed by atoms with E-state index in [0.717, 1.165) is 47.1 Å². The Labute approximate surface area is 179 Å². The number of nitrogens with zero attached hydrogens (tertiary/aromatic N) is 3. The van der Waals surface area contributed by atoms with Crippen LogP contribution in [0, 0.1) is 6.92 Å². The number of halogens is 1. The molecule has 3 N–H and O–H groups in total. The maximum atomic E-state index is 10.3. The van der Waals surface area contributed by atoms with Crippen molar-refractivity contribution < 1.29 is 10.2 Å². The van der Waals surface area contributed by atoms with Crippen LogP contribution in [0.2, 0.25) is 0 Å². The summed E-state index contributed by atoms with van der Waals surface area (Å²) in [5.41, 5.74) is 4.87. The highest BCUT2D eigenvalue weighted by atomic mass is 79.9. The van der Waals surface area contributed by atoms with Gasteiger partial charge in [-0.1, -0.05) is 6.07 Å². The van der Waals surface area contributed by atoms with E-state index in [9.17, 15) is 5.11 Å². The summed E-state index contributed by atoms with van der Waals surface area (Å²) in [4.78, 5) is 13.0. The number of unbranched alkanes of at least 4 members (excludes halogenated alkanes) is 1. The van der Waals surface area contributed by atoms with Crippen molar-refractivity contribution in [2.24, 2.45) is 0 Å². The molecular weight excluding hydrogens is 432 g/mol. The largest absolute Gasteiger partial charge is 0.504 e. The molecule has 0 aliphatic rings. The van der Waals surface area contributed by atoms with Crippen LogP contribution in [-0.2, 0) is 19.4 Å². The van der Waals surface area contributed by atoms with Crippen LogP contribution in [0.25, 0.3) is 0 Å². The third-order valence-electron chi connectivity index (χ3n) is 4.67. The molecule has 0 unspecified atom stereocenters. The average molecular weight is 457 g/mol. The second-order valence-corrected chi connectivity index (χ2v) is 7.92. The molecule has 0 saturated heterocycles. The fraction of sp³-hybridized carbons (Fsp3) is 0.318. The van der Waals surface area contributed by atoms with Crippen molar-refractivity contribution in [3.05, 3.63) is 75.4 Å². The standard InChI is InChI=1S/C22H25BrN4O2/c1-15-8-18(23)13-26-20(15)4-2-3-7-24-22-21(29)10-17(12-27-22)9-16-5-6-19(14-28)25-11-16/h5-6,8,10-13,28-29H,2-4,7,9,14H2,1H3,(H,24,27). The van der Waals surface area contributed by atoms with Gasteiger partial charge < -0.3 is 15.5 Å². The van der Waals surface area contributed by atoms with Crippen molar-refractivity contribution in [2.75, 3.05) is 11.9 Å². The van der Waals surface area contributed by atoms with Gasteiger partial charge in [0.25, 0.3) is 0 Å². The Hall–Kier alpha value is -2.51. The Morgan fingerprint density at radius 3 is 2.52 bits per heavy atom. The van der Waals surface area contributed by atoms with E-state index < -0.39 is 0 Å². The van der Waals surface area contributed by atoms with Gasteiger partial charge in [0.15, 0.2) is 11.6 Å². The Morgan fingerprint density at radius 1 is 1.00 bits per heavy atom. The van der Waals surface area contributed by atoms with Gasteiger partial charge in [-0.05, 0) is 77.0 Å². The quantitative estimate of drug-likeness (QED) is 0.418. The van der Waals surface area contributed by atoms with Gasteiger partial charge in [-0.2, -0.15) is 0 Å². The summed E-state index contributed by atoms with van der Waals surface area (Å²) in [6, 6.07) is 7.53. The number of hydrogen-bond acceptors (Lipinski definition) is 6.